The van der Waals surface area contributed by atoms with E-state index in [0.717, 1.165) is 17.7 Å². The number of aryl methyl sites for hydroxylation is 4. The average molecular weight is 486 g/mol. The third-order valence-corrected chi connectivity index (χ3v) is 6.34. The molecule has 0 aromatic heterocycles. The molecule has 0 nitrogen and oxygen atoms in total. The number of alkyl halides is 3. The van der Waals surface area contributed by atoms with Gasteiger partial charge >= 0.3 is 6.18 Å². The minimum atomic E-state index is -4.39. The van der Waals surface area contributed by atoms with E-state index < -0.39 is 23.4 Å². The first kappa shape index (κ1) is 24.8. The molecule has 182 valence electrons. The van der Waals surface area contributed by atoms with Gasteiger partial charge in [-0.25, -0.2) is 13.2 Å². The molecule has 0 heterocycles. The molecule has 4 rings (SSSR count). The van der Waals surface area contributed by atoms with E-state index in [1.807, 2.05) is 13.0 Å². The second-order valence-electron chi connectivity index (χ2n) is 8.68. The van der Waals surface area contributed by atoms with Crippen molar-refractivity contribution in [1.82, 2.24) is 0 Å². The SMILES string of the molecule is CCc1cc(F)c(CCc2ccc3c(F)c(CCc4ccc(C(F)(F)F)cc4)ccc3c2)c(F)c1. The van der Waals surface area contributed by atoms with Gasteiger partial charge in [-0.1, -0.05) is 49.4 Å². The van der Waals surface area contributed by atoms with Crippen LogP contribution in [0, 0.1) is 17.5 Å². The average Bonchev–Trinajstić information content (AvgIpc) is 2.82. The molecular weight excluding hydrogens is 462 g/mol. The van der Waals surface area contributed by atoms with Gasteiger partial charge in [0, 0.05) is 10.9 Å². The Morgan fingerprint density at radius 2 is 1.26 bits per heavy atom. The van der Waals surface area contributed by atoms with E-state index in [-0.39, 0.29) is 17.8 Å². The fourth-order valence-corrected chi connectivity index (χ4v) is 4.24. The number of rotatable bonds is 7. The maximum absolute atomic E-state index is 15.1. The Balaban J connectivity index is 1.46. The van der Waals surface area contributed by atoms with Gasteiger partial charge in [0.2, 0.25) is 0 Å². The van der Waals surface area contributed by atoms with Crippen LogP contribution in [0.3, 0.4) is 0 Å². The van der Waals surface area contributed by atoms with Crippen molar-refractivity contribution in [3.63, 3.8) is 0 Å². The summed E-state index contributed by atoms with van der Waals surface area (Å²) in [4.78, 5) is 0. The van der Waals surface area contributed by atoms with Gasteiger partial charge in [0.05, 0.1) is 5.56 Å². The lowest BCUT2D eigenvalue weighted by Gasteiger charge is -2.11. The normalized spacial score (nSPS) is 11.9. The van der Waals surface area contributed by atoms with E-state index in [1.165, 1.54) is 24.3 Å². The fourth-order valence-electron chi connectivity index (χ4n) is 4.24. The highest BCUT2D eigenvalue weighted by Gasteiger charge is 2.29. The largest absolute Gasteiger partial charge is 0.416 e. The molecule has 0 bridgehead atoms. The summed E-state index contributed by atoms with van der Waals surface area (Å²) in [6.07, 6.45) is -2.47. The monoisotopic (exact) mass is 486 g/mol. The maximum atomic E-state index is 15.1. The Kier molecular flexibility index (Phi) is 7.20. The van der Waals surface area contributed by atoms with Gasteiger partial charge in [-0.15, -0.1) is 0 Å². The zero-order valence-electron chi connectivity index (χ0n) is 19.2. The van der Waals surface area contributed by atoms with Gasteiger partial charge in [0.25, 0.3) is 0 Å². The molecule has 0 aliphatic heterocycles. The predicted octanol–water partition coefficient (Wildman–Crippen LogP) is 8.41. The van der Waals surface area contributed by atoms with Gasteiger partial charge in [-0.3, -0.25) is 0 Å². The molecule has 4 aromatic rings. The first-order chi connectivity index (χ1) is 16.7. The Bertz CT molecular complexity index is 1310. The van der Waals surface area contributed by atoms with Crippen LogP contribution in [0.2, 0.25) is 0 Å². The summed E-state index contributed by atoms with van der Waals surface area (Å²) in [6, 6.07) is 16.3. The molecule has 0 unspecified atom stereocenters. The Labute approximate surface area is 200 Å². The van der Waals surface area contributed by atoms with Crippen molar-refractivity contribution in [2.45, 2.75) is 45.2 Å². The molecule has 0 fully saturated rings. The van der Waals surface area contributed by atoms with Gasteiger partial charge < -0.3 is 0 Å². The minimum Gasteiger partial charge on any atom is -0.207 e. The summed E-state index contributed by atoms with van der Waals surface area (Å²) in [5.41, 5.74) is 1.96. The second kappa shape index (κ2) is 10.1. The number of benzene rings is 4. The summed E-state index contributed by atoms with van der Waals surface area (Å²) in [6.45, 7) is 1.84. The topological polar surface area (TPSA) is 0 Å². The smallest absolute Gasteiger partial charge is 0.207 e. The van der Waals surface area contributed by atoms with Crippen LogP contribution >= 0.6 is 0 Å². The first-order valence-electron chi connectivity index (χ1n) is 11.5. The molecule has 0 atom stereocenters. The summed E-state index contributed by atoms with van der Waals surface area (Å²) >= 11 is 0. The van der Waals surface area contributed by atoms with Crippen LogP contribution in [0.1, 0.15) is 40.3 Å². The molecule has 6 heteroatoms. The van der Waals surface area contributed by atoms with Gasteiger partial charge in [0.15, 0.2) is 0 Å². The van der Waals surface area contributed by atoms with E-state index in [0.29, 0.717) is 53.1 Å². The highest BCUT2D eigenvalue weighted by atomic mass is 19.4. The summed E-state index contributed by atoms with van der Waals surface area (Å²) in [7, 11) is 0. The molecule has 0 N–H and O–H groups in total. The molecule has 0 aliphatic rings. The van der Waals surface area contributed by atoms with Crippen molar-refractivity contribution in [2.75, 3.05) is 0 Å². The van der Waals surface area contributed by atoms with E-state index in [1.54, 1.807) is 24.3 Å². The molecule has 0 radical (unpaired) electrons. The fraction of sp³-hybridized carbons (Fsp3) is 0.241. The van der Waals surface area contributed by atoms with Gasteiger partial charge in [0.1, 0.15) is 17.5 Å². The molecule has 0 spiro atoms. The summed E-state index contributed by atoms with van der Waals surface area (Å²) < 4.78 is 81.8. The molecule has 4 aromatic carbocycles. The van der Waals surface area contributed by atoms with Crippen molar-refractivity contribution >= 4 is 10.8 Å². The van der Waals surface area contributed by atoms with Crippen molar-refractivity contribution in [3.8, 4) is 0 Å². The molecule has 0 saturated heterocycles. The van der Waals surface area contributed by atoms with Gasteiger partial charge in [-0.05, 0) is 84.0 Å². The van der Waals surface area contributed by atoms with Crippen molar-refractivity contribution < 1.29 is 26.3 Å². The van der Waals surface area contributed by atoms with Crippen molar-refractivity contribution in [3.05, 3.63) is 118 Å². The first-order valence-corrected chi connectivity index (χ1v) is 11.5. The standard InChI is InChI=1S/C29H24F6/c1-2-18-16-26(30)25(27(31)17-18)14-7-20-6-13-24-22(15-20)10-9-21(28(24)32)8-3-19-4-11-23(12-5-19)29(33,34)35/h4-6,9-13,15-17H,2-3,7-8,14H2,1H3. The number of halogens is 6. The molecule has 0 amide bonds. The van der Waals surface area contributed by atoms with Crippen LogP contribution in [0.15, 0.2) is 66.7 Å². The van der Waals surface area contributed by atoms with Crippen molar-refractivity contribution in [2.24, 2.45) is 0 Å². The molecular formula is C29H24F6. The third-order valence-electron chi connectivity index (χ3n) is 6.34. The summed E-state index contributed by atoms with van der Waals surface area (Å²) in [5, 5.41) is 1.11. The van der Waals surface area contributed by atoms with Crippen LogP contribution in [0.5, 0.6) is 0 Å². The predicted molar refractivity (Wildman–Crippen MR) is 126 cm³/mol. The minimum absolute atomic E-state index is 0.0482. The molecule has 0 saturated carbocycles. The van der Waals surface area contributed by atoms with Crippen LogP contribution in [-0.4, -0.2) is 0 Å². The Morgan fingerprint density at radius 1 is 0.629 bits per heavy atom. The lowest BCUT2D eigenvalue weighted by molar-refractivity contribution is -0.137. The van der Waals surface area contributed by atoms with Crippen LogP contribution in [0.4, 0.5) is 26.3 Å². The summed E-state index contributed by atoms with van der Waals surface area (Å²) in [5.74, 6) is -1.47. The lowest BCUT2D eigenvalue weighted by atomic mass is 9.96. The van der Waals surface area contributed by atoms with Crippen molar-refractivity contribution in [1.29, 1.82) is 0 Å². The number of hydrogen-bond acceptors (Lipinski definition) is 0. The van der Waals surface area contributed by atoms with E-state index in [2.05, 4.69) is 0 Å². The van der Waals surface area contributed by atoms with Crippen LogP contribution in [0.25, 0.3) is 10.8 Å². The quantitative estimate of drug-likeness (QED) is 0.230. The van der Waals surface area contributed by atoms with E-state index in [4.69, 9.17) is 0 Å². The second-order valence-corrected chi connectivity index (χ2v) is 8.68. The maximum Gasteiger partial charge on any atom is 0.416 e. The van der Waals surface area contributed by atoms with E-state index >= 15 is 4.39 Å². The number of hydrogen-bond donors (Lipinski definition) is 0. The zero-order valence-corrected chi connectivity index (χ0v) is 19.2. The van der Waals surface area contributed by atoms with Gasteiger partial charge in [-0.2, -0.15) is 13.2 Å². The Morgan fingerprint density at radius 3 is 1.89 bits per heavy atom. The number of fused-ring (bicyclic) bond motifs is 1. The third kappa shape index (κ3) is 5.69. The molecule has 35 heavy (non-hydrogen) atoms. The highest BCUT2D eigenvalue weighted by molar-refractivity contribution is 5.84. The Hall–Kier alpha value is -3.28. The highest BCUT2D eigenvalue weighted by Crippen LogP contribution is 2.30. The van der Waals surface area contributed by atoms with Crippen LogP contribution < -0.4 is 0 Å². The van der Waals surface area contributed by atoms with E-state index in [9.17, 15) is 22.0 Å². The van der Waals surface area contributed by atoms with Crippen LogP contribution in [-0.2, 0) is 38.3 Å². The zero-order chi connectivity index (χ0) is 25.2. The molecule has 0 aliphatic carbocycles. The lowest BCUT2D eigenvalue weighted by Crippen LogP contribution is -2.04.